The normalized spacial score (nSPS) is 22.7. The van der Waals surface area contributed by atoms with Crippen molar-refractivity contribution in [1.29, 1.82) is 0 Å². The number of hydrogen-bond donors (Lipinski definition) is 1. The minimum absolute atomic E-state index is 0.0880. The summed E-state index contributed by atoms with van der Waals surface area (Å²) in [7, 11) is 0. The SMILES string of the molecule is CCN(C(=O)CN)[C@H]1CCSC1. The molecule has 1 heterocycles. The van der Waals surface area contributed by atoms with Crippen molar-refractivity contribution in [1.82, 2.24) is 4.90 Å². The predicted octanol–water partition coefficient (Wildman–Crippen LogP) is 0.299. The van der Waals surface area contributed by atoms with Gasteiger partial charge in [-0.2, -0.15) is 11.8 Å². The maximum atomic E-state index is 11.3. The maximum absolute atomic E-state index is 11.3. The van der Waals surface area contributed by atoms with Crippen LogP contribution in [-0.2, 0) is 4.79 Å². The van der Waals surface area contributed by atoms with Crippen molar-refractivity contribution in [3.63, 3.8) is 0 Å². The van der Waals surface area contributed by atoms with E-state index in [1.165, 1.54) is 5.75 Å². The van der Waals surface area contributed by atoms with Gasteiger partial charge >= 0.3 is 0 Å². The van der Waals surface area contributed by atoms with Crippen molar-refractivity contribution in [3.05, 3.63) is 0 Å². The van der Waals surface area contributed by atoms with Crippen LogP contribution in [0.3, 0.4) is 0 Å². The van der Waals surface area contributed by atoms with E-state index in [-0.39, 0.29) is 12.5 Å². The third-order valence-electron chi connectivity index (χ3n) is 2.18. The molecular weight excluding hydrogens is 172 g/mol. The Bertz CT molecular complexity index is 157. The van der Waals surface area contributed by atoms with Crippen LogP contribution in [0.15, 0.2) is 0 Å². The Balaban J connectivity index is 2.48. The van der Waals surface area contributed by atoms with Gasteiger partial charge in [-0.15, -0.1) is 0 Å². The Morgan fingerprint density at radius 1 is 1.75 bits per heavy atom. The highest BCUT2D eigenvalue weighted by molar-refractivity contribution is 7.99. The Hall–Kier alpha value is -0.220. The Labute approximate surface area is 77.7 Å². The lowest BCUT2D eigenvalue weighted by molar-refractivity contribution is -0.131. The molecule has 0 aromatic rings. The molecule has 4 heteroatoms. The summed E-state index contributed by atoms with van der Waals surface area (Å²) in [4.78, 5) is 13.2. The predicted molar refractivity (Wildman–Crippen MR) is 52.2 cm³/mol. The van der Waals surface area contributed by atoms with Crippen LogP contribution in [0.1, 0.15) is 13.3 Å². The molecule has 3 nitrogen and oxygen atoms in total. The van der Waals surface area contributed by atoms with E-state index in [9.17, 15) is 4.79 Å². The highest BCUT2D eigenvalue weighted by Crippen LogP contribution is 2.21. The standard InChI is InChI=1S/C8H16N2OS/c1-2-10(8(11)5-9)7-3-4-12-6-7/h7H,2-6,9H2,1H3/t7-/m0/s1. The van der Waals surface area contributed by atoms with E-state index in [4.69, 9.17) is 5.73 Å². The molecule has 70 valence electrons. The molecule has 0 aromatic heterocycles. The first-order valence-electron chi connectivity index (χ1n) is 4.36. The van der Waals surface area contributed by atoms with Crippen LogP contribution in [0.25, 0.3) is 0 Å². The third-order valence-corrected chi connectivity index (χ3v) is 3.33. The van der Waals surface area contributed by atoms with Gasteiger partial charge in [0, 0.05) is 18.3 Å². The molecule has 1 aliphatic rings. The van der Waals surface area contributed by atoms with Gasteiger partial charge in [0.05, 0.1) is 6.54 Å². The zero-order chi connectivity index (χ0) is 8.97. The summed E-state index contributed by atoms with van der Waals surface area (Å²) < 4.78 is 0. The number of carbonyl (C=O) groups is 1. The topological polar surface area (TPSA) is 46.3 Å². The first kappa shape index (κ1) is 9.86. The van der Waals surface area contributed by atoms with Crippen LogP contribution < -0.4 is 5.73 Å². The molecule has 0 bridgehead atoms. The number of rotatable bonds is 3. The zero-order valence-electron chi connectivity index (χ0n) is 7.45. The van der Waals surface area contributed by atoms with Gasteiger partial charge in [0.15, 0.2) is 0 Å². The second-order valence-corrected chi connectivity index (χ2v) is 4.05. The molecule has 0 aromatic carbocycles. The minimum atomic E-state index is 0.0880. The fourth-order valence-electron chi connectivity index (χ4n) is 1.52. The van der Waals surface area contributed by atoms with Crippen molar-refractivity contribution in [3.8, 4) is 0 Å². The quantitative estimate of drug-likeness (QED) is 0.693. The van der Waals surface area contributed by atoms with E-state index in [1.54, 1.807) is 0 Å². The van der Waals surface area contributed by atoms with Crippen molar-refractivity contribution in [2.24, 2.45) is 5.73 Å². The molecule has 0 spiro atoms. The zero-order valence-corrected chi connectivity index (χ0v) is 8.27. The Kier molecular flexibility index (Phi) is 3.88. The largest absolute Gasteiger partial charge is 0.338 e. The average molecular weight is 188 g/mol. The first-order valence-corrected chi connectivity index (χ1v) is 5.52. The number of thioether (sulfide) groups is 1. The lowest BCUT2D eigenvalue weighted by Crippen LogP contribution is -2.43. The number of carbonyl (C=O) groups excluding carboxylic acids is 1. The Morgan fingerprint density at radius 2 is 2.50 bits per heavy atom. The number of nitrogens with zero attached hydrogens (tertiary/aromatic N) is 1. The highest BCUT2D eigenvalue weighted by atomic mass is 32.2. The molecule has 12 heavy (non-hydrogen) atoms. The molecule has 1 amide bonds. The van der Waals surface area contributed by atoms with E-state index in [0.29, 0.717) is 6.04 Å². The van der Waals surface area contributed by atoms with Crippen LogP contribution >= 0.6 is 11.8 Å². The van der Waals surface area contributed by atoms with Crippen molar-refractivity contribution >= 4 is 17.7 Å². The van der Waals surface area contributed by atoms with Crippen molar-refractivity contribution < 1.29 is 4.79 Å². The van der Waals surface area contributed by atoms with E-state index < -0.39 is 0 Å². The molecule has 0 aliphatic carbocycles. The summed E-state index contributed by atoms with van der Waals surface area (Å²) in [5, 5.41) is 0. The molecule has 0 radical (unpaired) electrons. The summed E-state index contributed by atoms with van der Waals surface area (Å²) >= 11 is 1.92. The van der Waals surface area contributed by atoms with Crippen LogP contribution in [0, 0.1) is 0 Å². The van der Waals surface area contributed by atoms with Crippen LogP contribution in [-0.4, -0.2) is 41.4 Å². The number of hydrogen-bond acceptors (Lipinski definition) is 3. The van der Waals surface area contributed by atoms with Gasteiger partial charge in [-0.3, -0.25) is 4.79 Å². The summed E-state index contributed by atoms with van der Waals surface area (Å²) in [5.41, 5.74) is 5.32. The van der Waals surface area contributed by atoms with Crippen LogP contribution in [0.5, 0.6) is 0 Å². The minimum Gasteiger partial charge on any atom is -0.338 e. The Morgan fingerprint density at radius 3 is 2.92 bits per heavy atom. The van der Waals surface area contributed by atoms with Crippen LogP contribution in [0.4, 0.5) is 0 Å². The van der Waals surface area contributed by atoms with E-state index >= 15 is 0 Å². The molecule has 1 rings (SSSR count). The first-order chi connectivity index (χ1) is 5.79. The summed E-state index contributed by atoms with van der Waals surface area (Å²) in [6.07, 6.45) is 1.13. The van der Waals surface area contributed by atoms with Gasteiger partial charge in [-0.25, -0.2) is 0 Å². The molecule has 0 saturated carbocycles. The average Bonchev–Trinajstić information content (AvgIpc) is 2.58. The molecule has 1 atom stereocenters. The van der Waals surface area contributed by atoms with E-state index in [1.807, 2.05) is 23.6 Å². The molecule has 1 saturated heterocycles. The summed E-state index contributed by atoms with van der Waals surface area (Å²) in [5.74, 6) is 2.35. The van der Waals surface area contributed by atoms with E-state index in [0.717, 1.165) is 18.7 Å². The summed E-state index contributed by atoms with van der Waals surface area (Å²) in [6, 6.07) is 0.441. The fourth-order valence-corrected chi connectivity index (χ4v) is 2.75. The molecule has 0 unspecified atom stereocenters. The number of amides is 1. The monoisotopic (exact) mass is 188 g/mol. The third kappa shape index (κ3) is 2.14. The maximum Gasteiger partial charge on any atom is 0.236 e. The van der Waals surface area contributed by atoms with Crippen molar-refractivity contribution in [2.45, 2.75) is 19.4 Å². The molecule has 1 fully saturated rings. The van der Waals surface area contributed by atoms with Crippen molar-refractivity contribution in [2.75, 3.05) is 24.6 Å². The summed E-state index contributed by atoms with van der Waals surface area (Å²) in [6.45, 7) is 2.95. The molecular formula is C8H16N2OS. The fraction of sp³-hybridized carbons (Fsp3) is 0.875. The van der Waals surface area contributed by atoms with Gasteiger partial charge in [0.2, 0.25) is 5.91 Å². The van der Waals surface area contributed by atoms with Gasteiger partial charge < -0.3 is 10.6 Å². The van der Waals surface area contributed by atoms with Gasteiger partial charge in [0.1, 0.15) is 0 Å². The van der Waals surface area contributed by atoms with Crippen LogP contribution in [0.2, 0.25) is 0 Å². The number of nitrogens with two attached hydrogens (primary N) is 1. The second kappa shape index (κ2) is 4.72. The molecule has 2 N–H and O–H groups in total. The second-order valence-electron chi connectivity index (χ2n) is 2.90. The number of likely N-dealkylation sites (N-methyl/N-ethyl adjacent to an activating group) is 1. The van der Waals surface area contributed by atoms with Gasteiger partial charge in [-0.1, -0.05) is 0 Å². The highest BCUT2D eigenvalue weighted by Gasteiger charge is 2.24. The smallest absolute Gasteiger partial charge is 0.236 e. The lowest BCUT2D eigenvalue weighted by Gasteiger charge is -2.26. The van der Waals surface area contributed by atoms with E-state index in [2.05, 4.69) is 0 Å². The van der Waals surface area contributed by atoms with Gasteiger partial charge in [0.25, 0.3) is 0 Å². The van der Waals surface area contributed by atoms with Gasteiger partial charge in [-0.05, 0) is 19.1 Å². The molecule has 1 aliphatic heterocycles. The lowest BCUT2D eigenvalue weighted by atomic mass is 10.2.